The fourth-order valence-corrected chi connectivity index (χ4v) is 2.51. The average Bonchev–Trinajstić information content (AvgIpc) is 2.91. The third-order valence-corrected chi connectivity index (χ3v) is 3.63. The highest BCUT2D eigenvalue weighted by Gasteiger charge is 2.27. The molecule has 0 unspecified atom stereocenters. The third kappa shape index (κ3) is 2.90. The van der Waals surface area contributed by atoms with E-state index in [0.717, 1.165) is 9.91 Å². The molecule has 2 heterocycles. The molecule has 0 aliphatic carbocycles. The van der Waals surface area contributed by atoms with Gasteiger partial charge in [-0.25, -0.2) is 14.6 Å². The number of carbonyl (C=O) groups excluding carboxylic acids is 3. The van der Waals surface area contributed by atoms with Gasteiger partial charge in [-0.05, 0) is 13.8 Å². The molecule has 1 saturated heterocycles. The summed E-state index contributed by atoms with van der Waals surface area (Å²) >= 11 is 1.22. The van der Waals surface area contributed by atoms with E-state index in [-0.39, 0.29) is 0 Å². The molecule has 0 radical (unpaired) electrons. The minimum Gasteiger partial charge on any atom is -0.451 e. The SMILES string of the molecule is Cc1nc(C)c(C(=O)OCC(=O)N2CCNC2=O)s1. The molecule has 0 saturated carbocycles. The molecule has 1 aromatic heterocycles. The van der Waals surface area contributed by atoms with Crippen molar-refractivity contribution in [1.82, 2.24) is 15.2 Å². The van der Waals surface area contributed by atoms with E-state index in [1.165, 1.54) is 11.3 Å². The summed E-state index contributed by atoms with van der Waals surface area (Å²) in [5.41, 5.74) is 0.582. The Hall–Kier alpha value is -1.96. The van der Waals surface area contributed by atoms with Crippen LogP contribution in [0.15, 0.2) is 0 Å². The zero-order valence-corrected chi connectivity index (χ0v) is 11.4. The molecule has 0 atom stereocenters. The predicted octanol–water partition coefficient (Wildman–Crippen LogP) is 0.469. The Morgan fingerprint density at radius 3 is 2.74 bits per heavy atom. The van der Waals surface area contributed by atoms with Gasteiger partial charge in [0.05, 0.1) is 10.7 Å². The predicted molar refractivity (Wildman–Crippen MR) is 67.0 cm³/mol. The number of aryl methyl sites for hydroxylation is 2. The fraction of sp³-hybridized carbons (Fsp3) is 0.455. The highest BCUT2D eigenvalue weighted by Crippen LogP contribution is 2.18. The molecule has 1 aliphatic heterocycles. The van der Waals surface area contributed by atoms with E-state index in [1.54, 1.807) is 13.8 Å². The Kier molecular flexibility index (Phi) is 3.79. The summed E-state index contributed by atoms with van der Waals surface area (Å²) in [6.07, 6.45) is 0. The fourth-order valence-electron chi connectivity index (χ4n) is 1.70. The maximum absolute atomic E-state index is 11.8. The molecule has 19 heavy (non-hydrogen) atoms. The molecule has 7 nitrogen and oxygen atoms in total. The first-order valence-corrected chi connectivity index (χ1v) is 6.50. The van der Waals surface area contributed by atoms with Crippen molar-refractivity contribution < 1.29 is 19.1 Å². The number of urea groups is 1. The van der Waals surface area contributed by atoms with E-state index in [2.05, 4.69) is 10.3 Å². The first-order chi connectivity index (χ1) is 8.99. The molecule has 1 aliphatic rings. The molecule has 3 amide bonds. The van der Waals surface area contributed by atoms with Crippen LogP contribution >= 0.6 is 11.3 Å². The Balaban J connectivity index is 1.92. The number of carbonyl (C=O) groups is 3. The molecule has 0 spiro atoms. The van der Waals surface area contributed by atoms with Gasteiger partial charge in [0, 0.05) is 13.1 Å². The van der Waals surface area contributed by atoms with Crippen molar-refractivity contribution in [3.05, 3.63) is 15.6 Å². The van der Waals surface area contributed by atoms with Crippen LogP contribution in [0.2, 0.25) is 0 Å². The van der Waals surface area contributed by atoms with Gasteiger partial charge in [-0.1, -0.05) is 0 Å². The van der Waals surface area contributed by atoms with Crippen LogP contribution in [0, 0.1) is 13.8 Å². The van der Waals surface area contributed by atoms with E-state index >= 15 is 0 Å². The molecule has 0 bridgehead atoms. The number of nitrogens with one attached hydrogen (secondary N) is 1. The lowest BCUT2D eigenvalue weighted by Gasteiger charge is -2.11. The van der Waals surface area contributed by atoms with Gasteiger partial charge in [-0.15, -0.1) is 11.3 Å². The number of esters is 1. The van der Waals surface area contributed by atoms with Crippen LogP contribution in [-0.2, 0) is 9.53 Å². The lowest BCUT2D eigenvalue weighted by Crippen LogP contribution is -2.37. The normalized spacial score (nSPS) is 14.4. The molecular formula is C11H13N3O4S. The number of nitrogens with zero attached hydrogens (tertiary/aromatic N) is 2. The van der Waals surface area contributed by atoms with Crippen molar-refractivity contribution in [2.24, 2.45) is 0 Å². The molecule has 2 rings (SSSR count). The van der Waals surface area contributed by atoms with E-state index in [0.29, 0.717) is 23.7 Å². The number of hydrogen-bond donors (Lipinski definition) is 1. The van der Waals surface area contributed by atoms with Gasteiger partial charge in [0.1, 0.15) is 4.88 Å². The van der Waals surface area contributed by atoms with Crippen LogP contribution in [0.25, 0.3) is 0 Å². The van der Waals surface area contributed by atoms with Crippen LogP contribution in [0.1, 0.15) is 20.4 Å². The van der Waals surface area contributed by atoms with Crippen molar-refractivity contribution in [2.75, 3.05) is 19.7 Å². The monoisotopic (exact) mass is 283 g/mol. The highest BCUT2D eigenvalue weighted by molar-refractivity contribution is 7.13. The summed E-state index contributed by atoms with van der Waals surface area (Å²) in [4.78, 5) is 40.2. The third-order valence-electron chi connectivity index (χ3n) is 2.57. The number of amides is 3. The Bertz CT molecular complexity index is 540. The number of aromatic nitrogens is 1. The van der Waals surface area contributed by atoms with Crippen LogP contribution in [0.3, 0.4) is 0 Å². The van der Waals surface area contributed by atoms with Gasteiger partial charge >= 0.3 is 12.0 Å². The average molecular weight is 283 g/mol. The van der Waals surface area contributed by atoms with E-state index < -0.39 is 24.5 Å². The van der Waals surface area contributed by atoms with Gasteiger partial charge in [-0.3, -0.25) is 9.69 Å². The maximum atomic E-state index is 11.8. The second-order valence-corrected chi connectivity index (χ2v) is 5.20. The minimum atomic E-state index is -0.587. The Morgan fingerprint density at radius 1 is 1.47 bits per heavy atom. The quantitative estimate of drug-likeness (QED) is 0.814. The van der Waals surface area contributed by atoms with Crippen LogP contribution in [-0.4, -0.2) is 47.5 Å². The number of thiazole rings is 1. The first kappa shape index (κ1) is 13.5. The van der Waals surface area contributed by atoms with Gasteiger partial charge in [0.25, 0.3) is 5.91 Å². The van der Waals surface area contributed by atoms with Crippen molar-refractivity contribution >= 4 is 29.2 Å². The molecule has 8 heteroatoms. The van der Waals surface area contributed by atoms with Crippen molar-refractivity contribution in [1.29, 1.82) is 0 Å². The summed E-state index contributed by atoms with van der Waals surface area (Å²) < 4.78 is 4.91. The van der Waals surface area contributed by atoms with E-state index in [4.69, 9.17) is 4.74 Å². The Morgan fingerprint density at radius 2 is 2.21 bits per heavy atom. The number of ether oxygens (including phenoxy) is 1. The molecule has 102 valence electrons. The Labute approximate surface area is 113 Å². The van der Waals surface area contributed by atoms with Crippen LogP contribution < -0.4 is 5.32 Å². The summed E-state index contributed by atoms with van der Waals surface area (Å²) in [5, 5.41) is 3.26. The van der Waals surface area contributed by atoms with Gasteiger partial charge in [0.15, 0.2) is 6.61 Å². The number of imide groups is 1. The van der Waals surface area contributed by atoms with Gasteiger partial charge in [0.2, 0.25) is 0 Å². The molecular weight excluding hydrogens is 270 g/mol. The van der Waals surface area contributed by atoms with E-state index in [1.807, 2.05) is 0 Å². The lowest BCUT2D eigenvalue weighted by atomic mass is 10.4. The van der Waals surface area contributed by atoms with Crippen LogP contribution in [0.5, 0.6) is 0 Å². The minimum absolute atomic E-state index is 0.300. The lowest BCUT2D eigenvalue weighted by molar-refractivity contribution is -0.130. The molecule has 1 aromatic rings. The zero-order valence-electron chi connectivity index (χ0n) is 10.6. The van der Waals surface area contributed by atoms with Crippen molar-refractivity contribution in [3.63, 3.8) is 0 Å². The van der Waals surface area contributed by atoms with E-state index in [9.17, 15) is 14.4 Å². The zero-order chi connectivity index (χ0) is 14.0. The maximum Gasteiger partial charge on any atom is 0.350 e. The number of hydrogen-bond acceptors (Lipinski definition) is 6. The van der Waals surface area contributed by atoms with Gasteiger partial charge in [-0.2, -0.15) is 0 Å². The summed E-state index contributed by atoms with van der Waals surface area (Å²) in [7, 11) is 0. The van der Waals surface area contributed by atoms with Crippen molar-refractivity contribution in [3.8, 4) is 0 Å². The second kappa shape index (κ2) is 5.35. The number of rotatable bonds is 3. The largest absolute Gasteiger partial charge is 0.451 e. The summed E-state index contributed by atoms with van der Waals surface area (Å²) in [6, 6.07) is -0.453. The topological polar surface area (TPSA) is 88.6 Å². The second-order valence-electron chi connectivity index (χ2n) is 4.00. The first-order valence-electron chi connectivity index (χ1n) is 5.68. The summed E-state index contributed by atoms with van der Waals surface area (Å²) in [6.45, 7) is 3.77. The van der Waals surface area contributed by atoms with Crippen molar-refractivity contribution in [2.45, 2.75) is 13.8 Å². The molecule has 1 N–H and O–H groups in total. The smallest absolute Gasteiger partial charge is 0.350 e. The molecule has 1 fully saturated rings. The van der Waals surface area contributed by atoms with Crippen LogP contribution in [0.4, 0.5) is 4.79 Å². The highest BCUT2D eigenvalue weighted by atomic mass is 32.1. The summed E-state index contributed by atoms with van der Waals surface area (Å²) in [5.74, 6) is -1.11. The standard InChI is InChI=1S/C11H13N3O4S/c1-6-9(19-7(2)13-6)10(16)18-5-8(15)14-4-3-12-11(14)17/h3-5H2,1-2H3,(H,12,17). The van der Waals surface area contributed by atoms with Gasteiger partial charge < -0.3 is 10.1 Å². The molecule has 0 aromatic carbocycles.